The van der Waals surface area contributed by atoms with E-state index in [4.69, 9.17) is 11.6 Å². The highest BCUT2D eigenvalue weighted by atomic mass is 35.5. The summed E-state index contributed by atoms with van der Waals surface area (Å²) in [6.07, 6.45) is 0. The molecule has 1 unspecified atom stereocenters. The number of para-hydroxylation sites is 1. The van der Waals surface area contributed by atoms with Crippen LogP contribution < -0.4 is 10.6 Å². The molecule has 6 nitrogen and oxygen atoms in total. The molecular formula is C18H15ClFN3O3. The maximum Gasteiger partial charge on any atom is 0.325 e. The van der Waals surface area contributed by atoms with Gasteiger partial charge in [0.1, 0.15) is 17.9 Å². The van der Waals surface area contributed by atoms with Crippen molar-refractivity contribution in [2.24, 2.45) is 0 Å². The van der Waals surface area contributed by atoms with Gasteiger partial charge in [-0.2, -0.15) is 0 Å². The molecule has 1 fully saturated rings. The van der Waals surface area contributed by atoms with Crippen LogP contribution in [0.1, 0.15) is 12.5 Å². The Hall–Kier alpha value is -2.93. The Kier molecular flexibility index (Phi) is 4.65. The number of hydrogen-bond acceptors (Lipinski definition) is 3. The molecule has 0 bridgehead atoms. The van der Waals surface area contributed by atoms with E-state index in [9.17, 15) is 18.8 Å². The summed E-state index contributed by atoms with van der Waals surface area (Å²) >= 11 is 5.98. The number of anilines is 1. The van der Waals surface area contributed by atoms with Crippen molar-refractivity contribution in [3.63, 3.8) is 0 Å². The molecule has 0 radical (unpaired) electrons. The highest BCUT2D eigenvalue weighted by molar-refractivity contribution is 6.33. The molecule has 4 amide bonds. The Morgan fingerprint density at radius 3 is 2.50 bits per heavy atom. The SMILES string of the molecule is CC1(c2ccc(F)cc2)NC(=O)N(CC(=O)Nc2ccccc2Cl)C1=O. The highest BCUT2D eigenvalue weighted by Gasteiger charge is 2.49. The van der Waals surface area contributed by atoms with Gasteiger partial charge in [-0.15, -0.1) is 0 Å². The van der Waals surface area contributed by atoms with Crippen LogP contribution in [0.25, 0.3) is 0 Å². The van der Waals surface area contributed by atoms with Crippen molar-refractivity contribution in [3.8, 4) is 0 Å². The summed E-state index contributed by atoms with van der Waals surface area (Å²) in [5.41, 5.74) is -0.561. The summed E-state index contributed by atoms with van der Waals surface area (Å²) in [6.45, 7) is 1.04. The van der Waals surface area contributed by atoms with Gasteiger partial charge in [0.05, 0.1) is 10.7 Å². The van der Waals surface area contributed by atoms with Crippen molar-refractivity contribution in [2.45, 2.75) is 12.5 Å². The first-order valence-corrected chi connectivity index (χ1v) is 8.13. The van der Waals surface area contributed by atoms with Crippen LogP contribution >= 0.6 is 11.6 Å². The lowest BCUT2D eigenvalue weighted by atomic mass is 9.92. The van der Waals surface area contributed by atoms with Crippen molar-refractivity contribution in [1.29, 1.82) is 0 Å². The van der Waals surface area contributed by atoms with Crippen LogP contribution in [0.5, 0.6) is 0 Å². The predicted octanol–water partition coefficient (Wildman–Crippen LogP) is 2.88. The van der Waals surface area contributed by atoms with Gasteiger partial charge in [-0.05, 0) is 36.8 Å². The number of halogens is 2. The van der Waals surface area contributed by atoms with E-state index in [1.165, 1.54) is 31.2 Å². The minimum absolute atomic E-state index is 0.342. The van der Waals surface area contributed by atoms with Crippen LogP contribution in [0.4, 0.5) is 14.9 Å². The van der Waals surface area contributed by atoms with Crippen molar-refractivity contribution in [1.82, 2.24) is 10.2 Å². The Balaban J connectivity index is 1.76. The van der Waals surface area contributed by atoms with Crippen molar-refractivity contribution in [3.05, 3.63) is 64.9 Å². The monoisotopic (exact) mass is 375 g/mol. The maximum atomic E-state index is 13.1. The van der Waals surface area contributed by atoms with E-state index in [1.807, 2.05) is 0 Å². The zero-order valence-electron chi connectivity index (χ0n) is 13.8. The third-order valence-electron chi connectivity index (χ3n) is 4.15. The molecule has 134 valence electrons. The normalized spacial score (nSPS) is 19.4. The van der Waals surface area contributed by atoms with Gasteiger partial charge in [0.2, 0.25) is 5.91 Å². The molecule has 3 rings (SSSR count). The van der Waals surface area contributed by atoms with Crippen molar-refractivity contribution < 1.29 is 18.8 Å². The molecule has 1 aliphatic rings. The van der Waals surface area contributed by atoms with Crippen LogP contribution in [-0.4, -0.2) is 29.3 Å². The standard InChI is InChI=1S/C18H15ClFN3O3/c1-18(11-6-8-12(20)9-7-11)16(25)23(17(26)22-18)10-15(24)21-14-5-3-2-4-13(14)19/h2-9H,10H2,1H3,(H,21,24)(H,22,26). The molecule has 0 saturated carbocycles. The molecule has 1 heterocycles. The Morgan fingerprint density at radius 1 is 1.19 bits per heavy atom. The Morgan fingerprint density at radius 2 is 1.85 bits per heavy atom. The number of urea groups is 1. The summed E-state index contributed by atoms with van der Waals surface area (Å²) < 4.78 is 13.1. The Bertz CT molecular complexity index is 888. The van der Waals surface area contributed by atoms with Gasteiger partial charge in [-0.25, -0.2) is 9.18 Å². The first kappa shape index (κ1) is 17.9. The van der Waals surface area contributed by atoms with Crippen LogP contribution in [0, 0.1) is 5.82 Å². The van der Waals surface area contributed by atoms with Gasteiger partial charge in [-0.1, -0.05) is 35.9 Å². The second-order valence-corrected chi connectivity index (χ2v) is 6.39. The maximum absolute atomic E-state index is 13.1. The Labute approximate surface area is 153 Å². The molecule has 2 aromatic rings. The molecule has 0 spiro atoms. The molecule has 0 aromatic heterocycles. The zero-order chi connectivity index (χ0) is 18.9. The average Bonchev–Trinajstić information content (AvgIpc) is 2.82. The molecule has 1 saturated heterocycles. The predicted molar refractivity (Wildman–Crippen MR) is 94.1 cm³/mol. The van der Waals surface area contributed by atoms with Crippen LogP contribution in [0.3, 0.4) is 0 Å². The lowest BCUT2D eigenvalue weighted by molar-refractivity contribution is -0.133. The van der Waals surface area contributed by atoms with Crippen LogP contribution in [-0.2, 0) is 15.1 Å². The number of nitrogens with one attached hydrogen (secondary N) is 2. The molecule has 8 heteroatoms. The summed E-state index contributed by atoms with van der Waals surface area (Å²) in [6, 6.07) is 11.2. The van der Waals surface area contributed by atoms with E-state index in [-0.39, 0.29) is 0 Å². The molecular weight excluding hydrogens is 361 g/mol. The quantitative estimate of drug-likeness (QED) is 0.806. The van der Waals surface area contributed by atoms with E-state index in [0.717, 1.165) is 4.90 Å². The third-order valence-corrected chi connectivity index (χ3v) is 4.48. The summed E-state index contributed by atoms with van der Waals surface area (Å²) in [7, 11) is 0. The van der Waals surface area contributed by atoms with Gasteiger partial charge < -0.3 is 10.6 Å². The number of carbonyl (C=O) groups excluding carboxylic acids is 3. The number of imide groups is 1. The molecule has 1 atom stereocenters. The van der Waals surface area contributed by atoms with Crippen LogP contribution in [0.2, 0.25) is 5.02 Å². The number of benzene rings is 2. The molecule has 1 aliphatic heterocycles. The lowest BCUT2D eigenvalue weighted by Crippen LogP contribution is -2.42. The van der Waals surface area contributed by atoms with Crippen molar-refractivity contribution >= 4 is 35.1 Å². The van der Waals surface area contributed by atoms with E-state index in [0.29, 0.717) is 16.3 Å². The zero-order valence-corrected chi connectivity index (χ0v) is 14.5. The number of amides is 4. The fourth-order valence-corrected chi connectivity index (χ4v) is 2.90. The molecule has 2 N–H and O–H groups in total. The highest BCUT2D eigenvalue weighted by Crippen LogP contribution is 2.29. The fraction of sp³-hybridized carbons (Fsp3) is 0.167. The number of hydrogen-bond donors (Lipinski definition) is 2. The summed E-state index contributed by atoms with van der Waals surface area (Å²) in [5.74, 6) is -1.61. The average molecular weight is 376 g/mol. The smallest absolute Gasteiger partial charge is 0.323 e. The third kappa shape index (κ3) is 3.25. The summed E-state index contributed by atoms with van der Waals surface area (Å²) in [4.78, 5) is 38.0. The number of carbonyl (C=O) groups is 3. The fourth-order valence-electron chi connectivity index (χ4n) is 2.72. The van der Waals surface area contributed by atoms with E-state index in [1.54, 1.807) is 24.3 Å². The second-order valence-electron chi connectivity index (χ2n) is 5.98. The van der Waals surface area contributed by atoms with E-state index in [2.05, 4.69) is 10.6 Å². The summed E-state index contributed by atoms with van der Waals surface area (Å²) in [5, 5.41) is 5.46. The second kappa shape index (κ2) is 6.76. The van der Waals surface area contributed by atoms with Gasteiger partial charge in [0.15, 0.2) is 0 Å². The van der Waals surface area contributed by atoms with E-state index >= 15 is 0 Å². The van der Waals surface area contributed by atoms with Gasteiger partial charge in [0.25, 0.3) is 5.91 Å². The molecule has 2 aromatic carbocycles. The minimum atomic E-state index is -1.37. The molecule has 0 aliphatic carbocycles. The van der Waals surface area contributed by atoms with Gasteiger partial charge >= 0.3 is 6.03 Å². The number of nitrogens with zero attached hydrogens (tertiary/aromatic N) is 1. The first-order chi connectivity index (χ1) is 12.3. The van der Waals surface area contributed by atoms with Crippen molar-refractivity contribution in [2.75, 3.05) is 11.9 Å². The van der Waals surface area contributed by atoms with Gasteiger partial charge in [0, 0.05) is 0 Å². The first-order valence-electron chi connectivity index (χ1n) is 7.76. The van der Waals surface area contributed by atoms with Gasteiger partial charge in [-0.3, -0.25) is 14.5 Å². The topological polar surface area (TPSA) is 78.5 Å². The number of rotatable bonds is 4. The largest absolute Gasteiger partial charge is 0.325 e. The lowest BCUT2D eigenvalue weighted by Gasteiger charge is -2.22. The van der Waals surface area contributed by atoms with Crippen LogP contribution in [0.15, 0.2) is 48.5 Å². The van der Waals surface area contributed by atoms with E-state index < -0.39 is 35.7 Å². The minimum Gasteiger partial charge on any atom is -0.323 e. The molecule has 26 heavy (non-hydrogen) atoms.